The first-order valence-corrected chi connectivity index (χ1v) is 5.14. The molecule has 0 aromatic rings. The molecule has 0 N–H and O–H groups in total. The molecule has 0 radical (unpaired) electrons. The van der Waals surface area contributed by atoms with Crippen LogP contribution in [0.15, 0.2) is 12.2 Å². The van der Waals surface area contributed by atoms with Crippen LogP contribution in [-0.4, -0.2) is 0 Å². The molecule has 0 bridgehead atoms. The summed E-state index contributed by atoms with van der Waals surface area (Å²) < 4.78 is 0. The second-order valence-electron chi connectivity index (χ2n) is 4.80. The maximum atomic E-state index is 2.42. The fourth-order valence-electron chi connectivity index (χ4n) is 2.81. The molecule has 1 aliphatic carbocycles. The highest BCUT2D eigenvalue weighted by Crippen LogP contribution is 2.62. The van der Waals surface area contributed by atoms with E-state index < -0.39 is 0 Å². The molecule has 0 heterocycles. The number of rotatable bonds is 2. The van der Waals surface area contributed by atoms with E-state index in [1.54, 1.807) is 0 Å². The van der Waals surface area contributed by atoms with E-state index >= 15 is 0 Å². The summed E-state index contributed by atoms with van der Waals surface area (Å²) in [5, 5.41) is 0. The topological polar surface area (TPSA) is 0 Å². The van der Waals surface area contributed by atoms with Gasteiger partial charge in [-0.2, -0.15) is 0 Å². The Labute approximate surface area is 77.1 Å². The maximum Gasteiger partial charge on any atom is -0.00671 e. The first kappa shape index (κ1) is 9.83. The van der Waals surface area contributed by atoms with Crippen molar-refractivity contribution in [2.45, 2.75) is 47.5 Å². The van der Waals surface area contributed by atoms with Crippen LogP contribution >= 0.6 is 0 Å². The summed E-state index contributed by atoms with van der Waals surface area (Å²) in [4.78, 5) is 0. The second-order valence-corrected chi connectivity index (χ2v) is 4.80. The molecule has 3 atom stereocenters. The Morgan fingerprint density at radius 3 is 2.33 bits per heavy atom. The Morgan fingerprint density at radius 2 is 2.00 bits per heavy atom. The molecule has 12 heavy (non-hydrogen) atoms. The minimum absolute atomic E-state index is 0.455. The van der Waals surface area contributed by atoms with Gasteiger partial charge in [0.05, 0.1) is 0 Å². The predicted octanol–water partition coefficient (Wildman–Crippen LogP) is 4.02. The lowest BCUT2D eigenvalue weighted by atomic mass is 9.44. The monoisotopic (exact) mass is 166 g/mol. The SMILES string of the molecule is CC=CC1(C)C(C)CC1(C)CC. The Balaban J connectivity index is 2.85. The summed E-state index contributed by atoms with van der Waals surface area (Å²) in [6, 6.07) is 0. The van der Waals surface area contributed by atoms with E-state index in [9.17, 15) is 0 Å². The molecule has 0 saturated heterocycles. The van der Waals surface area contributed by atoms with E-state index in [1.165, 1.54) is 12.8 Å². The van der Waals surface area contributed by atoms with Gasteiger partial charge >= 0.3 is 0 Å². The number of allylic oxidation sites excluding steroid dienone is 2. The van der Waals surface area contributed by atoms with Crippen LogP contribution < -0.4 is 0 Å². The van der Waals surface area contributed by atoms with E-state index in [-0.39, 0.29) is 0 Å². The minimum Gasteiger partial charge on any atom is -0.0911 e. The molecule has 0 nitrogen and oxygen atoms in total. The van der Waals surface area contributed by atoms with Gasteiger partial charge in [0.15, 0.2) is 0 Å². The van der Waals surface area contributed by atoms with E-state index in [2.05, 4.69) is 46.8 Å². The third-order valence-electron chi connectivity index (χ3n) is 4.37. The molecule has 1 aliphatic rings. The quantitative estimate of drug-likeness (QED) is 0.543. The van der Waals surface area contributed by atoms with Crippen molar-refractivity contribution in [3.05, 3.63) is 12.2 Å². The normalized spacial score (nSPS) is 47.9. The van der Waals surface area contributed by atoms with Crippen molar-refractivity contribution >= 4 is 0 Å². The van der Waals surface area contributed by atoms with Crippen molar-refractivity contribution in [1.82, 2.24) is 0 Å². The van der Waals surface area contributed by atoms with Crippen LogP contribution in [0.4, 0.5) is 0 Å². The highest BCUT2D eigenvalue weighted by Gasteiger charge is 2.54. The van der Waals surface area contributed by atoms with Crippen molar-refractivity contribution in [1.29, 1.82) is 0 Å². The molecule has 0 aromatic heterocycles. The zero-order valence-electron chi connectivity index (χ0n) is 9.15. The largest absolute Gasteiger partial charge is 0.0911 e. The molecular formula is C12H22. The molecule has 0 aliphatic heterocycles. The Kier molecular flexibility index (Phi) is 2.38. The Hall–Kier alpha value is -0.260. The number of hydrogen-bond acceptors (Lipinski definition) is 0. The third kappa shape index (κ3) is 1.04. The summed E-state index contributed by atoms with van der Waals surface area (Å²) in [6.45, 7) is 11.6. The Morgan fingerprint density at radius 1 is 1.42 bits per heavy atom. The molecule has 3 unspecified atom stereocenters. The van der Waals surface area contributed by atoms with Gasteiger partial charge in [-0.05, 0) is 36.5 Å². The maximum absolute atomic E-state index is 2.42. The number of hydrogen-bond donors (Lipinski definition) is 0. The van der Waals surface area contributed by atoms with Gasteiger partial charge in [0.2, 0.25) is 0 Å². The van der Waals surface area contributed by atoms with Gasteiger partial charge in [0, 0.05) is 0 Å². The molecule has 0 amide bonds. The highest BCUT2D eigenvalue weighted by atomic mass is 14.6. The fraction of sp³-hybridized carbons (Fsp3) is 0.833. The summed E-state index contributed by atoms with van der Waals surface area (Å²) in [5.41, 5.74) is 1.01. The van der Waals surface area contributed by atoms with E-state index in [0.717, 1.165) is 5.92 Å². The van der Waals surface area contributed by atoms with Gasteiger partial charge in [-0.15, -0.1) is 0 Å². The van der Waals surface area contributed by atoms with E-state index in [1.807, 2.05) is 0 Å². The predicted molar refractivity (Wildman–Crippen MR) is 55.1 cm³/mol. The van der Waals surface area contributed by atoms with Crippen LogP contribution in [0.5, 0.6) is 0 Å². The highest BCUT2D eigenvalue weighted by molar-refractivity contribution is 5.15. The molecular weight excluding hydrogens is 144 g/mol. The summed E-state index contributed by atoms with van der Waals surface area (Å²) in [5.74, 6) is 0.860. The van der Waals surface area contributed by atoms with Gasteiger partial charge in [-0.3, -0.25) is 0 Å². The molecule has 1 saturated carbocycles. The molecule has 0 heteroatoms. The summed E-state index contributed by atoms with van der Waals surface area (Å²) >= 11 is 0. The Bertz CT molecular complexity index is 192. The molecule has 1 fully saturated rings. The first-order chi connectivity index (χ1) is 5.50. The minimum atomic E-state index is 0.455. The van der Waals surface area contributed by atoms with Crippen LogP contribution in [0, 0.1) is 16.7 Å². The van der Waals surface area contributed by atoms with Gasteiger partial charge in [-0.25, -0.2) is 0 Å². The summed E-state index contributed by atoms with van der Waals surface area (Å²) in [7, 11) is 0. The lowest BCUT2D eigenvalue weighted by molar-refractivity contribution is -0.0756. The molecule has 0 aromatic carbocycles. The van der Waals surface area contributed by atoms with Crippen molar-refractivity contribution < 1.29 is 0 Å². The van der Waals surface area contributed by atoms with Crippen LogP contribution in [-0.2, 0) is 0 Å². The molecule has 70 valence electrons. The molecule has 0 spiro atoms. The van der Waals surface area contributed by atoms with Gasteiger partial charge in [0.25, 0.3) is 0 Å². The van der Waals surface area contributed by atoms with Gasteiger partial charge in [-0.1, -0.05) is 39.8 Å². The second kappa shape index (κ2) is 2.90. The van der Waals surface area contributed by atoms with Gasteiger partial charge in [0.1, 0.15) is 0 Å². The first-order valence-electron chi connectivity index (χ1n) is 5.14. The third-order valence-corrected chi connectivity index (χ3v) is 4.37. The zero-order valence-corrected chi connectivity index (χ0v) is 9.15. The standard InChI is InChI=1S/C12H22/c1-6-8-12(5)10(3)9-11(12,4)7-2/h6,8,10H,7,9H2,1-5H3. The van der Waals surface area contributed by atoms with E-state index in [4.69, 9.17) is 0 Å². The lowest BCUT2D eigenvalue weighted by Gasteiger charge is -2.60. The summed E-state index contributed by atoms with van der Waals surface area (Å²) in [6.07, 6.45) is 7.32. The fourth-order valence-corrected chi connectivity index (χ4v) is 2.81. The zero-order chi connectivity index (χ0) is 9.41. The van der Waals surface area contributed by atoms with Crippen LogP contribution in [0.3, 0.4) is 0 Å². The van der Waals surface area contributed by atoms with Crippen molar-refractivity contribution in [3.63, 3.8) is 0 Å². The lowest BCUT2D eigenvalue weighted by Crippen LogP contribution is -2.52. The van der Waals surface area contributed by atoms with Crippen molar-refractivity contribution in [2.24, 2.45) is 16.7 Å². The average Bonchev–Trinajstić information content (AvgIpc) is 2.05. The van der Waals surface area contributed by atoms with Crippen molar-refractivity contribution in [3.8, 4) is 0 Å². The smallest absolute Gasteiger partial charge is 0.00671 e. The van der Waals surface area contributed by atoms with Crippen LogP contribution in [0.2, 0.25) is 0 Å². The van der Waals surface area contributed by atoms with Crippen LogP contribution in [0.25, 0.3) is 0 Å². The molecule has 1 rings (SSSR count). The van der Waals surface area contributed by atoms with Crippen molar-refractivity contribution in [2.75, 3.05) is 0 Å². The van der Waals surface area contributed by atoms with E-state index in [0.29, 0.717) is 10.8 Å². The van der Waals surface area contributed by atoms with Gasteiger partial charge < -0.3 is 0 Å². The van der Waals surface area contributed by atoms with Crippen LogP contribution in [0.1, 0.15) is 47.5 Å². The average molecular weight is 166 g/mol.